The molecule has 2 nitrogen and oxygen atoms in total. The average molecular weight is 261 g/mol. The highest BCUT2D eigenvalue weighted by Crippen LogP contribution is 2.10. The van der Waals surface area contributed by atoms with Gasteiger partial charge in [-0.3, -0.25) is 0 Å². The molecule has 0 aliphatic heterocycles. The minimum absolute atomic E-state index is 0.784. The van der Waals surface area contributed by atoms with Crippen molar-refractivity contribution in [1.82, 2.24) is 5.32 Å². The van der Waals surface area contributed by atoms with Gasteiger partial charge < -0.3 is 11.1 Å². The molecule has 18 heavy (non-hydrogen) atoms. The molecule has 0 aliphatic carbocycles. The molecule has 3 heteroatoms. The van der Waals surface area contributed by atoms with Crippen LogP contribution in [0.3, 0.4) is 0 Å². The second-order valence-electron chi connectivity index (χ2n) is 4.30. The molecule has 0 aromatic heterocycles. The zero-order valence-electron chi connectivity index (χ0n) is 10.2. The van der Waals surface area contributed by atoms with E-state index in [-0.39, 0.29) is 0 Å². The van der Waals surface area contributed by atoms with Crippen molar-refractivity contribution in [2.24, 2.45) is 0 Å². The summed E-state index contributed by atoms with van der Waals surface area (Å²) in [7, 11) is 0. The highest BCUT2D eigenvalue weighted by molar-refractivity contribution is 6.30. The molecule has 0 fully saturated rings. The van der Waals surface area contributed by atoms with Crippen molar-refractivity contribution in [1.29, 1.82) is 0 Å². The van der Waals surface area contributed by atoms with Crippen LogP contribution in [0.5, 0.6) is 0 Å². The van der Waals surface area contributed by atoms with Gasteiger partial charge in [-0.2, -0.15) is 0 Å². The largest absolute Gasteiger partial charge is 0.399 e. The first-order chi connectivity index (χ1) is 8.74. The third-order valence-corrected chi connectivity index (χ3v) is 3.04. The number of nitrogens with one attached hydrogen (secondary N) is 1. The Bertz CT molecular complexity index is 494. The van der Waals surface area contributed by atoms with Crippen molar-refractivity contribution >= 4 is 17.3 Å². The summed E-state index contributed by atoms with van der Waals surface area (Å²) >= 11 is 5.84. The molecular formula is C15H17ClN2. The van der Waals surface area contributed by atoms with Crippen LogP contribution in [0, 0.1) is 0 Å². The van der Waals surface area contributed by atoms with E-state index in [0.717, 1.165) is 30.2 Å². The summed E-state index contributed by atoms with van der Waals surface area (Å²) in [6, 6.07) is 15.9. The van der Waals surface area contributed by atoms with Crippen LogP contribution < -0.4 is 11.1 Å². The maximum atomic E-state index is 5.84. The number of nitrogens with two attached hydrogens (primary N) is 1. The van der Waals surface area contributed by atoms with Crippen molar-refractivity contribution < 1.29 is 0 Å². The van der Waals surface area contributed by atoms with Gasteiger partial charge in [0.2, 0.25) is 0 Å². The maximum absolute atomic E-state index is 5.84. The van der Waals surface area contributed by atoms with Crippen LogP contribution in [-0.2, 0) is 13.0 Å². The maximum Gasteiger partial charge on any atom is 0.0406 e. The van der Waals surface area contributed by atoms with Gasteiger partial charge >= 0.3 is 0 Å². The summed E-state index contributed by atoms with van der Waals surface area (Å²) in [5.74, 6) is 0. The van der Waals surface area contributed by atoms with Crippen molar-refractivity contribution in [3.8, 4) is 0 Å². The molecule has 0 saturated carbocycles. The molecule has 0 heterocycles. The number of benzene rings is 2. The van der Waals surface area contributed by atoms with Crippen LogP contribution >= 0.6 is 11.6 Å². The molecule has 0 spiro atoms. The Morgan fingerprint density at radius 2 is 1.78 bits per heavy atom. The van der Waals surface area contributed by atoms with Gasteiger partial charge in [0.25, 0.3) is 0 Å². The Morgan fingerprint density at radius 1 is 1.00 bits per heavy atom. The summed E-state index contributed by atoms with van der Waals surface area (Å²) in [5.41, 5.74) is 9.04. The molecule has 0 atom stereocenters. The zero-order valence-corrected chi connectivity index (χ0v) is 11.0. The predicted molar refractivity (Wildman–Crippen MR) is 77.7 cm³/mol. The first kappa shape index (κ1) is 12.9. The molecule has 2 rings (SSSR count). The average Bonchev–Trinajstić information content (AvgIpc) is 2.37. The summed E-state index contributed by atoms with van der Waals surface area (Å²) in [6.07, 6.45) is 0.999. The van der Waals surface area contributed by atoms with Crippen molar-refractivity contribution in [3.05, 3.63) is 64.7 Å². The third kappa shape index (κ3) is 4.06. The Hall–Kier alpha value is -1.51. The van der Waals surface area contributed by atoms with E-state index >= 15 is 0 Å². The first-order valence-corrected chi connectivity index (χ1v) is 6.41. The highest BCUT2D eigenvalue weighted by Gasteiger charge is 1.95. The lowest BCUT2D eigenvalue weighted by molar-refractivity contribution is 0.687. The van der Waals surface area contributed by atoms with E-state index in [4.69, 9.17) is 17.3 Å². The second kappa shape index (κ2) is 6.43. The van der Waals surface area contributed by atoms with Crippen LogP contribution in [0.4, 0.5) is 5.69 Å². The molecule has 0 bridgehead atoms. The smallest absolute Gasteiger partial charge is 0.0406 e. The Balaban J connectivity index is 1.74. The summed E-state index contributed by atoms with van der Waals surface area (Å²) < 4.78 is 0. The molecule has 0 saturated heterocycles. The lowest BCUT2D eigenvalue weighted by Gasteiger charge is -2.06. The van der Waals surface area contributed by atoms with Gasteiger partial charge in [0.1, 0.15) is 0 Å². The SMILES string of the molecule is Nc1cccc(CNCCc2ccc(Cl)cc2)c1. The van der Waals surface area contributed by atoms with Crippen molar-refractivity contribution in [2.45, 2.75) is 13.0 Å². The third-order valence-electron chi connectivity index (χ3n) is 2.78. The van der Waals surface area contributed by atoms with Gasteiger partial charge in [0.15, 0.2) is 0 Å². The topological polar surface area (TPSA) is 38.0 Å². The molecule has 2 aromatic rings. The summed E-state index contributed by atoms with van der Waals surface area (Å²) in [6.45, 7) is 1.79. The number of hydrogen-bond donors (Lipinski definition) is 2. The fourth-order valence-corrected chi connectivity index (χ4v) is 1.95. The molecule has 0 radical (unpaired) electrons. The Kier molecular flexibility index (Phi) is 4.62. The van der Waals surface area contributed by atoms with Gasteiger partial charge in [-0.25, -0.2) is 0 Å². The van der Waals surface area contributed by atoms with Gasteiger partial charge in [0, 0.05) is 17.3 Å². The summed E-state index contributed by atoms with van der Waals surface area (Å²) in [5, 5.41) is 4.19. The zero-order chi connectivity index (χ0) is 12.8. The fourth-order valence-electron chi connectivity index (χ4n) is 1.82. The molecule has 0 amide bonds. The van der Waals surface area contributed by atoms with Gasteiger partial charge in [-0.15, -0.1) is 0 Å². The fraction of sp³-hybridized carbons (Fsp3) is 0.200. The Morgan fingerprint density at radius 3 is 2.50 bits per heavy atom. The summed E-state index contributed by atoms with van der Waals surface area (Å²) in [4.78, 5) is 0. The molecule has 3 N–H and O–H groups in total. The quantitative estimate of drug-likeness (QED) is 0.640. The number of anilines is 1. The monoisotopic (exact) mass is 260 g/mol. The number of nitrogen functional groups attached to an aromatic ring is 1. The van der Waals surface area contributed by atoms with Gasteiger partial charge in [-0.1, -0.05) is 35.9 Å². The number of hydrogen-bond acceptors (Lipinski definition) is 2. The second-order valence-corrected chi connectivity index (χ2v) is 4.73. The lowest BCUT2D eigenvalue weighted by atomic mass is 10.1. The van der Waals surface area contributed by atoms with Crippen LogP contribution in [0.15, 0.2) is 48.5 Å². The lowest BCUT2D eigenvalue weighted by Crippen LogP contribution is -2.16. The van der Waals surface area contributed by atoms with Crippen LogP contribution in [0.1, 0.15) is 11.1 Å². The van der Waals surface area contributed by atoms with E-state index < -0.39 is 0 Å². The van der Waals surface area contributed by atoms with Crippen LogP contribution in [0.2, 0.25) is 5.02 Å². The molecule has 0 unspecified atom stereocenters. The molecular weight excluding hydrogens is 244 g/mol. The van der Waals surface area contributed by atoms with E-state index in [2.05, 4.69) is 23.5 Å². The van der Waals surface area contributed by atoms with Gasteiger partial charge in [0.05, 0.1) is 0 Å². The van der Waals surface area contributed by atoms with E-state index in [1.165, 1.54) is 11.1 Å². The number of rotatable bonds is 5. The number of halogens is 1. The van der Waals surface area contributed by atoms with E-state index in [1.54, 1.807) is 0 Å². The minimum atomic E-state index is 0.784. The highest BCUT2D eigenvalue weighted by atomic mass is 35.5. The van der Waals surface area contributed by atoms with E-state index in [9.17, 15) is 0 Å². The molecule has 94 valence electrons. The predicted octanol–water partition coefficient (Wildman–Crippen LogP) is 3.25. The molecule has 0 aliphatic rings. The van der Waals surface area contributed by atoms with E-state index in [0.29, 0.717) is 0 Å². The standard InChI is InChI=1S/C15H17ClN2/c16-14-6-4-12(5-7-14)8-9-18-11-13-2-1-3-15(17)10-13/h1-7,10,18H,8-9,11,17H2. The van der Waals surface area contributed by atoms with Gasteiger partial charge in [-0.05, 0) is 48.4 Å². The Labute approximate surface area is 113 Å². The molecule has 2 aromatic carbocycles. The minimum Gasteiger partial charge on any atom is -0.399 e. The van der Waals surface area contributed by atoms with Crippen LogP contribution in [0.25, 0.3) is 0 Å². The van der Waals surface area contributed by atoms with E-state index in [1.807, 2.05) is 30.3 Å². The first-order valence-electron chi connectivity index (χ1n) is 6.03. The van der Waals surface area contributed by atoms with Crippen molar-refractivity contribution in [3.63, 3.8) is 0 Å². The van der Waals surface area contributed by atoms with Crippen molar-refractivity contribution in [2.75, 3.05) is 12.3 Å². The normalized spacial score (nSPS) is 10.5. The van der Waals surface area contributed by atoms with Crippen LogP contribution in [-0.4, -0.2) is 6.54 Å².